The molecule has 0 atom stereocenters. The maximum atomic E-state index is 13.0. The summed E-state index contributed by atoms with van der Waals surface area (Å²) in [7, 11) is 0. The zero-order valence-electron chi connectivity index (χ0n) is 15.0. The molecule has 1 N–H and O–H groups in total. The lowest BCUT2D eigenvalue weighted by atomic mass is 9.90. The van der Waals surface area contributed by atoms with Crippen LogP contribution in [0.1, 0.15) is 24.8 Å². The van der Waals surface area contributed by atoms with E-state index in [0.717, 1.165) is 42.6 Å². The molecule has 0 amide bonds. The van der Waals surface area contributed by atoms with Crippen LogP contribution in [-0.4, -0.2) is 31.1 Å². The van der Waals surface area contributed by atoms with E-state index in [4.69, 9.17) is 11.6 Å². The van der Waals surface area contributed by atoms with Gasteiger partial charge in [0.1, 0.15) is 5.82 Å². The van der Waals surface area contributed by atoms with Gasteiger partial charge in [0, 0.05) is 17.3 Å². The van der Waals surface area contributed by atoms with Crippen molar-refractivity contribution in [3.8, 4) is 0 Å². The second kappa shape index (κ2) is 10.8. The number of hydrogen-bond donors (Lipinski definition) is 1. The number of nitrogens with one attached hydrogen (secondary N) is 1. The number of rotatable bonds is 7. The van der Waals surface area contributed by atoms with E-state index in [1.807, 2.05) is 36.4 Å². The average molecular weight is 397 g/mol. The maximum Gasteiger partial charge on any atom is 0.123 e. The van der Waals surface area contributed by atoms with Crippen molar-refractivity contribution in [1.29, 1.82) is 0 Å². The van der Waals surface area contributed by atoms with Gasteiger partial charge in [-0.05, 0) is 87.1 Å². The number of benzene rings is 2. The van der Waals surface area contributed by atoms with Gasteiger partial charge in [-0.25, -0.2) is 4.39 Å². The number of halogens is 3. The summed E-state index contributed by atoms with van der Waals surface area (Å²) in [6.07, 6.45) is 4.68. The highest BCUT2D eigenvalue weighted by Gasteiger charge is 2.19. The highest BCUT2D eigenvalue weighted by molar-refractivity contribution is 6.30. The van der Waals surface area contributed by atoms with Crippen molar-refractivity contribution in [1.82, 2.24) is 4.90 Å². The molecule has 1 heterocycles. The molecule has 2 aromatic carbocycles. The van der Waals surface area contributed by atoms with Gasteiger partial charge in [-0.2, -0.15) is 0 Å². The lowest BCUT2D eigenvalue weighted by molar-refractivity contribution is 0.183. The fraction of sp³-hybridized carbons (Fsp3) is 0.429. The van der Waals surface area contributed by atoms with E-state index in [-0.39, 0.29) is 18.2 Å². The van der Waals surface area contributed by atoms with Gasteiger partial charge in [-0.3, -0.25) is 0 Å². The van der Waals surface area contributed by atoms with Crippen molar-refractivity contribution in [2.45, 2.75) is 25.7 Å². The van der Waals surface area contributed by atoms with E-state index in [2.05, 4.69) is 10.2 Å². The maximum absolute atomic E-state index is 13.0. The molecule has 26 heavy (non-hydrogen) atoms. The standard InChI is InChI=1S/C21H26ClFN2.ClH/c22-19-3-1-4-21(16-19)24-11-2-12-25-13-9-18(10-14-25)15-17-5-7-20(23)8-6-17;/h1,3-8,16,18,24H,2,9-15H2;1H. The Labute approximate surface area is 167 Å². The normalized spacial score (nSPS) is 15.5. The van der Waals surface area contributed by atoms with Gasteiger partial charge >= 0.3 is 0 Å². The molecule has 3 rings (SSSR count). The first-order valence-corrected chi connectivity index (χ1v) is 9.53. The molecule has 0 aromatic heterocycles. The van der Waals surface area contributed by atoms with Crippen LogP contribution in [0.2, 0.25) is 5.02 Å². The number of piperidine rings is 1. The predicted octanol–water partition coefficient (Wildman–Crippen LogP) is 5.66. The summed E-state index contributed by atoms with van der Waals surface area (Å²) in [4.78, 5) is 2.56. The Hall–Kier alpha value is -1.29. The number of anilines is 1. The van der Waals surface area contributed by atoms with Crippen molar-refractivity contribution < 1.29 is 4.39 Å². The van der Waals surface area contributed by atoms with Gasteiger partial charge in [0.15, 0.2) is 0 Å². The fourth-order valence-electron chi connectivity index (χ4n) is 3.50. The first-order valence-electron chi connectivity index (χ1n) is 9.15. The first-order chi connectivity index (χ1) is 12.2. The molecular weight excluding hydrogens is 370 g/mol. The third kappa shape index (κ3) is 6.79. The zero-order chi connectivity index (χ0) is 17.5. The molecule has 1 fully saturated rings. The van der Waals surface area contributed by atoms with Gasteiger partial charge in [-0.15, -0.1) is 12.4 Å². The summed E-state index contributed by atoms with van der Waals surface area (Å²) in [6.45, 7) is 4.44. The molecule has 1 saturated heterocycles. The Morgan fingerprint density at radius 3 is 2.50 bits per heavy atom. The van der Waals surface area contributed by atoms with Gasteiger partial charge in [0.2, 0.25) is 0 Å². The third-order valence-electron chi connectivity index (χ3n) is 4.95. The summed E-state index contributed by atoms with van der Waals surface area (Å²) in [5.41, 5.74) is 2.34. The minimum absolute atomic E-state index is 0. The first kappa shape index (κ1) is 21.0. The summed E-state index contributed by atoms with van der Waals surface area (Å²) in [5, 5.41) is 4.20. The molecule has 0 bridgehead atoms. The van der Waals surface area contributed by atoms with E-state index in [9.17, 15) is 4.39 Å². The average Bonchev–Trinajstić information content (AvgIpc) is 2.62. The van der Waals surface area contributed by atoms with Gasteiger partial charge in [-0.1, -0.05) is 29.8 Å². The van der Waals surface area contributed by atoms with Gasteiger partial charge in [0.25, 0.3) is 0 Å². The van der Waals surface area contributed by atoms with Crippen molar-refractivity contribution >= 4 is 29.7 Å². The van der Waals surface area contributed by atoms with Crippen molar-refractivity contribution in [3.05, 3.63) is 64.9 Å². The van der Waals surface area contributed by atoms with Crippen LogP contribution in [0.4, 0.5) is 10.1 Å². The molecule has 5 heteroatoms. The second-order valence-corrected chi connectivity index (χ2v) is 7.34. The van der Waals surface area contributed by atoms with Crippen LogP contribution < -0.4 is 5.32 Å². The van der Waals surface area contributed by atoms with E-state index in [1.54, 1.807) is 12.1 Å². The minimum atomic E-state index is -0.148. The van der Waals surface area contributed by atoms with Crippen molar-refractivity contribution in [2.24, 2.45) is 5.92 Å². The Morgan fingerprint density at radius 1 is 1.08 bits per heavy atom. The van der Waals surface area contributed by atoms with Crippen LogP contribution in [0.3, 0.4) is 0 Å². The van der Waals surface area contributed by atoms with Crippen molar-refractivity contribution in [3.63, 3.8) is 0 Å². The number of nitrogens with zero attached hydrogens (tertiary/aromatic N) is 1. The molecule has 0 radical (unpaired) electrons. The Kier molecular flexibility index (Phi) is 8.70. The van der Waals surface area contributed by atoms with Crippen LogP contribution in [-0.2, 0) is 6.42 Å². The monoisotopic (exact) mass is 396 g/mol. The largest absolute Gasteiger partial charge is 0.385 e. The summed E-state index contributed by atoms with van der Waals surface area (Å²) in [5.74, 6) is 0.580. The topological polar surface area (TPSA) is 15.3 Å². The van der Waals surface area contributed by atoms with Crippen LogP contribution in [0.15, 0.2) is 48.5 Å². The quantitative estimate of drug-likeness (QED) is 0.607. The summed E-state index contributed by atoms with van der Waals surface area (Å²) in [6, 6.07) is 14.8. The van der Waals surface area contributed by atoms with Crippen LogP contribution >= 0.6 is 24.0 Å². The van der Waals surface area contributed by atoms with E-state index in [0.29, 0.717) is 0 Å². The highest BCUT2D eigenvalue weighted by Crippen LogP contribution is 2.22. The highest BCUT2D eigenvalue weighted by atomic mass is 35.5. The SMILES string of the molecule is Cl.Fc1ccc(CC2CCN(CCCNc3cccc(Cl)c3)CC2)cc1. The van der Waals surface area contributed by atoms with E-state index < -0.39 is 0 Å². The number of likely N-dealkylation sites (tertiary alicyclic amines) is 1. The molecule has 1 aliphatic heterocycles. The molecule has 1 aliphatic rings. The lowest BCUT2D eigenvalue weighted by Gasteiger charge is -2.32. The van der Waals surface area contributed by atoms with Crippen molar-refractivity contribution in [2.75, 3.05) is 31.5 Å². The third-order valence-corrected chi connectivity index (χ3v) is 5.18. The molecule has 0 aliphatic carbocycles. The Balaban J connectivity index is 0.00000243. The lowest BCUT2D eigenvalue weighted by Crippen LogP contribution is -2.35. The van der Waals surface area contributed by atoms with Crippen LogP contribution in [0, 0.1) is 11.7 Å². The molecule has 0 unspecified atom stereocenters. The molecule has 2 aromatic rings. The summed E-state index contributed by atoms with van der Waals surface area (Å²) < 4.78 is 13.0. The Bertz CT molecular complexity index is 655. The zero-order valence-corrected chi connectivity index (χ0v) is 16.5. The molecule has 0 spiro atoms. The van der Waals surface area contributed by atoms with Gasteiger partial charge in [0.05, 0.1) is 0 Å². The van der Waals surface area contributed by atoms with Gasteiger partial charge < -0.3 is 10.2 Å². The molecule has 0 saturated carbocycles. The minimum Gasteiger partial charge on any atom is -0.385 e. The predicted molar refractivity (Wildman–Crippen MR) is 111 cm³/mol. The van der Waals surface area contributed by atoms with E-state index in [1.165, 1.54) is 31.5 Å². The van der Waals surface area contributed by atoms with Crippen LogP contribution in [0.5, 0.6) is 0 Å². The molecular formula is C21H27Cl2FN2. The van der Waals surface area contributed by atoms with Crippen LogP contribution in [0.25, 0.3) is 0 Å². The number of hydrogen-bond acceptors (Lipinski definition) is 2. The smallest absolute Gasteiger partial charge is 0.123 e. The molecule has 2 nitrogen and oxygen atoms in total. The fourth-order valence-corrected chi connectivity index (χ4v) is 3.69. The van der Waals surface area contributed by atoms with E-state index >= 15 is 0 Å². The Morgan fingerprint density at radius 2 is 1.81 bits per heavy atom. The second-order valence-electron chi connectivity index (χ2n) is 6.91. The summed E-state index contributed by atoms with van der Waals surface area (Å²) >= 11 is 5.99. The molecule has 142 valence electrons.